The number of piperidine rings is 1. The van der Waals surface area contributed by atoms with E-state index in [-0.39, 0.29) is 41.7 Å². The van der Waals surface area contributed by atoms with E-state index in [1.165, 1.54) is 12.1 Å². The van der Waals surface area contributed by atoms with Crippen molar-refractivity contribution in [3.05, 3.63) is 64.2 Å². The predicted molar refractivity (Wildman–Crippen MR) is 123 cm³/mol. The predicted octanol–water partition coefficient (Wildman–Crippen LogP) is 3.13. The minimum absolute atomic E-state index is 0.0199. The van der Waals surface area contributed by atoms with Crippen LogP contribution >= 0.6 is 0 Å². The number of carbonyl (C=O) groups is 3. The second kappa shape index (κ2) is 9.40. The fourth-order valence-corrected chi connectivity index (χ4v) is 4.49. The number of aryl methyl sites for hydroxylation is 1. The van der Waals surface area contributed by atoms with Crippen molar-refractivity contribution >= 4 is 34.8 Å². The quantitative estimate of drug-likeness (QED) is 0.555. The summed E-state index contributed by atoms with van der Waals surface area (Å²) < 4.78 is 0. The maximum atomic E-state index is 13.0. The summed E-state index contributed by atoms with van der Waals surface area (Å²) >= 11 is 0. The molecule has 0 radical (unpaired) electrons. The lowest BCUT2D eigenvalue weighted by atomic mass is 9.94. The molecule has 0 saturated carbocycles. The largest absolute Gasteiger partial charge is 0.342 e. The van der Waals surface area contributed by atoms with Gasteiger partial charge in [-0.3, -0.25) is 24.5 Å². The number of nitrogens with zero attached hydrogens (tertiary/aromatic N) is 3. The number of hydrogen-bond donors (Lipinski definition) is 1. The minimum Gasteiger partial charge on any atom is -0.342 e. The summed E-state index contributed by atoms with van der Waals surface area (Å²) in [5.41, 5.74) is 1.96. The first kappa shape index (κ1) is 22.4. The molecule has 2 aliphatic rings. The van der Waals surface area contributed by atoms with Gasteiger partial charge in [-0.2, -0.15) is 0 Å². The summed E-state index contributed by atoms with van der Waals surface area (Å²) in [5, 5.41) is 13.7. The van der Waals surface area contributed by atoms with Crippen LogP contribution in [-0.2, 0) is 14.4 Å². The highest BCUT2D eigenvalue weighted by Crippen LogP contribution is 2.28. The third kappa shape index (κ3) is 4.87. The van der Waals surface area contributed by atoms with Crippen molar-refractivity contribution in [2.24, 2.45) is 11.8 Å². The molecule has 2 saturated heterocycles. The van der Waals surface area contributed by atoms with Crippen LogP contribution in [0.5, 0.6) is 0 Å². The second-order valence-corrected chi connectivity index (χ2v) is 8.59. The fourth-order valence-electron chi connectivity index (χ4n) is 4.49. The summed E-state index contributed by atoms with van der Waals surface area (Å²) in [5.74, 6) is -0.843. The summed E-state index contributed by atoms with van der Waals surface area (Å²) in [6.45, 7) is 3.02. The average Bonchev–Trinajstić information content (AvgIpc) is 3.22. The first-order valence-corrected chi connectivity index (χ1v) is 11.0. The SMILES string of the molecule is Cc1cc([N+](=O)[O-])ccc1NC(=O)C1CCN(C(=O)C2CC(=O)N(c3ccccc3)C2)CC1. The van der Waals surface area contributed by atoms with E-state index in [2.05, 4.69) is 5.32 Å². The van der Waals surface area contributed by atoms with Crippen LogP contribution in [0.1, 0.15) is 24.8 Å². The number of benzene rings is 2. The van der Waals surface area contributed by atoms with Crippen LogP contribution in [0.15, 0.2) is 48.5 Å². The second-order valence-electron chi connectivity index (χ2n) is 8.59. The zero-order valence-corrected chi connectivity index (χ0v) is 18.4. The molecule has 0 bridgehead atoms. The Labute approximate surface area is 191 Å². The Morgan fingerprint density at radius 3 is 2.39 bits per heavy atom. The number of carbonyl (C=O) groups excluding carboxylic acids is 3. The summed E-state index contributed by atoms with van der Waals surface area (Å²) in [7, 11) is 0. The molecule has 2 aliphatic heterocycles. The first-order chi connectivity index (χ1) is 15.8. The Balaban J connectivity index is 1.30. The maximum absolute atomic E-state index is 13.0. The Kier molecular flexibility index (Phi) is 6.39. The van der Waals surface area contributed by atoms with Gasteiger partial charge in [-0.15, -0.1) is 0 Å². The molecule has 1 N–H and O–H groups in total. The molecule has 9 nitrogen and oxygen atoms in total. The molecule has 172 valence electrons. The number of nitro groups is 1. The van der Waals surface area contributed by atoms with Crippen molar-refractivity contribution in [2.45, 2.75) is 26.2 Å². The molecule has 9 heteroatoms. The topological polar surface area (TPSA) is 113 Å². The van der Waals surface area contributed by atoms with Gasteiger partial charge in [-0.05, 0) is 43.5 Å². The summed E-state index contributed by atoms with van der Waals surface area (Å²) in [6, 6.07) is 13.7. The first-order valence-electron chi connectivity index (χ1n) is 11.0. The van der Waals surface area contributed by atoms with Gasteiger partial charge in [0.15, 0.2) is 0 Å². The van der Waals surface area contributed by atoms with Crippen molar-refractivity contribution in [1.82, 2.24) is 4.90 Å². The average molecular weight is 450 g/mol. The van der Waals surface area contributed by atoms with Crippen molar-refractivity contribution in [3.8, 4) is 0 Å². The molecule has 3 amide bonds. The van der Waals surface area contributed by atoms with E-state index in [0.717, 1.165) is 5.69 Å². The van der Waals surface area contributed by atoms with Crippen LogP contribution in [0.2, 0.25) is 0 Å². The zero-order valence-electron chi connectivity index (χ0n) is 18.4. The van der Waals surface area contributed by atoms with Gasteiger partial charge in [-0.1, -0.05) is 18.2 Å². The Hall–Kier alpha value is -3.75. The van der Waals surface area contributed by atoms with E-state index in [1.54, 1.807) is 22.8 Å². The molecule has 2 heterocycles. The molecule has 0 spiro atoms. The van der Waals surface area contributed by atoms with Crippen LogP contribution in [0.25, 0.3) is 0 Å². The van der Waals surface area contributed by atoms with Crippen LogP contribution in [0, 0.1) is 28.9 Å². The lowest BCUT2D eigenvalue weighted by Crippen LogP contribution is -2.44. The number of amides is 3. The van der Waals surface area contributed by atoms with E-state index in [0.29, 0.717) is 43.7 Å². The van der Waals surface area contributed by atoms with Gasteiger partial charge in [-0.25, -0.2) is 0 Å². The number of hydrogen-bond acceptors (Lipinski definition) is 5. The van der Waals surface area contributed by atoms with Crippen molar-refractivity contribution in [2.75, 3.05) is 29.9 Å². The van der Waals surface area contributed by atoms with Crippen LogP contribution in [0.3, 0.4) is 0 Å². The highest BCUT2D eigenvalue weighted by molar-refractivity contribution is 6.00. The van der Waals surface area contributed by atoms with Gasteiger partial charge in [0.1, 0.15) is 0 Å². The lowest BCUT2D eigenvalue weighted by Gasteiger charge is -2.33. The molecule has 2 aromatic carbocycles. The minimum atomic E-state index is -0.470. The monoisotopic (exact) mass is 450 g/mol. The molecule has 2 aromatic rings. The lowest BCUT2D eigenvalue weighted by molar-refractivity contribution is -0.384. The van der Waals surface area contributed by atoms with Crippen LogP contribution < -0.4 is 10.2 Å². The highest BCUT2D eigenvalue weighted by Gasteiger charge is 2.38. The normalized spacial score (nSPS) is 18.9. The third-order valence-corrected chi connectivity index (χ3v) is 6.40. The number of anilines is 2. The third-order valence-electron chi connectivity index (χ3n) is 6.40. The zero-order chi connectivity index (χ0) is 23.5. The molecule has 4 rings (SSSR count). The van der Waals surface area contributed by atoms with Crippen molar-refractivity contribution in [1.29, 1.82) is 0 Å². The standard InChI is InChI=1S/C24H26N4O5/c1-16-13-20(28(32)33)7-8-21(16)25-23(30)17-9-11-26(12-10-17)24(31)18-14-22(29)27(15-18)19-5-3-2-4-6-19/h2-8,13,17-18H,9-12,14-15H2,1H3,(H,25,30). The number of non-ortho nitro benzene ring substituents is 1. The Bertz CT molecular complexity index is 1080. The van der Waals surface area contributed by atoms with Crippen molar-refractivity contribution < 1.29 is 19.3 Å². The Morgan fingerprint density at radius 2 is 1.76 bits per heavy atom. The molecular formula is C24H26N4O5. The number of para-hydroxylation sites is 1. The number of rotatable bonds is 5. The fraction of sp³-hybridized carbons (Fsp3) is 0.375. The van der Waals surface area contributed by atoms with Crippen molar-refractivity contribution in [3.63, 3.8) is 0 Å². The van der Waals surface area contributed by atoms with Gasteiger partial charge >= 0.3 is 0 Å². The van der Waals surface area contributed by atoms with E-state index >= 15 is 0 Å². The maximum Gasteiger partial charge on any atom is 0.269 e. The molecular weight excluding hydrogens is 424 g/mol. The smallest absolute Gasteiger partial charge is 0.269 e. The van der Waals surface area contributed by atoms with E-state index < -0.39 is 4.92 Å². The summed E-state index contributed by atoms with van der Waals surface area (Å²) in [4.78, 5) is 52.0. The van der Waals surface area contributed by atoms with Gasteiger partial charge in [0, 0.05) is 55.5 Å². The van der Waals surface area contributed by atoms with Crippen LogP contribution in [0.4, 0.5) is 17.1 Å². The summed E-state index contributed by atoms with van der Waals surface area (Å²) in [6.07, 6.45) is 1.27. The number of nitro benzene ring substituents is 1. The molecule has 0 aliphatic carbocycles. The van der Waals surface area contributed by atoms with Gasteiger partial charge in [0.25, 0.3) is 5.69 Å². The van der Waals surface area contributed by atoms with E-state index in [1.807, 2.05) is 30.3 Å². The number of nitrogens with one attached hydrogen (secondary N) is 1. The Morgan fingerprint density at radius 1 is 1.06 bits per heavy atom. The van der Waals surface area contributed by atoms with E-state index in [9.17, 15) is 24.5 Å². The van der Waals surface area contributed by atoms with Gasteiger partial charge in [0.05, 0.1) is 10.8 Å². The molecule has 1 atom stereocenters. The molecule has 1 unspecified atom stereocenters. The number of likely N-dealkylation sites (tertiary alicyclic amines) is 1. The van der Waals surface area contributed by atoms with Crippen LogP contribution in [-0.4, -0.2) is 47.2 Å². The van der Waals surface area contributed by atoms with Gasteiger partial charge < -0.3 is 15.1 Å². The molecule has 0 aromatic heterocycles. The molecule has 33 heavy (non-hydrogen) atoms. The molecule has 2 fully saturated rings. The van der Waals surface area contributed by atoms with E-state index in [4.69, 9.17) is 0 Å². The highest BCUT2D eigenvalue weighted by atomic mass is 16.6. The van der Waals surface area contributed by atoms with Gasteiger partial charge in [0.2, 0.25) is 17.7 Å².